The van der Waals surface area contributed by atoms with Gasteiger partial charge in [0.25, 0.3) is 0 Å². The van der Waals surface area contributed by atoms with Crippen molar-refractivity contribution in [1.29, 1.82) is 0 Å². The Morgan fingerprint density at radius 2 is 1.34 bits per heavy atom. The molecule has 232 valence electrons. The smallest absolute Gasteiger partial charge is 0.338 e. The van der Waals surface area contributed by atoms with Crippen molar-refractivity contribution in [2.24, 2.45) is 17.8 Å². The minimum absolute atomic E-state index is 0.00484. The lowest BCUT2D eigenvalue weighted by Crippen LogP contribution is -2.15. The molecule has 4 rings (SSSR count). The van der Waals surface area contributed by atoms with Gasteiger partial charge in [-0.25, -0.2) is 19.7 Å². The van der Waals surface area contributed by atoms with E-state index >= 15 is 0 Å². The molecule has 3 aromatic carbocycles. The topological polar surface area (TPSA) is 94.4 Å². The van der Waals surface area contributed by atoms with Crippen molar-refractivity contribution in [3.05, 3.63) is 78.4 Å². The summed E-state index contributed by atoms with van der Waals surface area (Å²) in [6, 6.07) is 21.8. The summed E-state index contributed by atoms with van der Waals surface area (Å²) >= 11 is 0. The van der Waals surface area contributed by atoms with Crippen LogP contribution in [0, 0.1) is 17.8 Å². The average Bonchev–Trinajstić information content (AvgIpc) is 3.03. The average molecular weight is 596 g/mol. The van der Waals surface area contributed by atoms with Crippen molar-refractivity contribution in [3.8, 4) is 45.7 Å². The molecule has 0 saturated carbocycles. The molecule has 0 aliphatic rings. The molecule has 0 saturated heterocycles. The summed E-state index contributed by atoms with van der Waals surface area (Å²) in [6.07, 6.45) is 6.91. The molecule has 0 radical (unpaired) electrons. The maximum atomic E-state index is 13.0. The number of hydrogen-bond acceptors (Lipinski definition) is 7. The molecule has 0 spiro atoms. The highest BCUT2D eigenvalue weighted by Gasteiger charge is 2.17. The summed E-state index contributed by atoms with van der Waals surface area (Å²) in [5, 5.41) is 10.7. The number of carbonyl (C=O) groups excluding carboxylic acids is 1. The van der Waals surface area contributed by atoms with Crippen molar-refractivity contribution >= 4 is 5.97 Å². The van der Waals surface area contributed by atoms with Crippen molar-refractivity contribution in [2.45, 2.75) is 66.2 Å². The lowest BCUT2D eigenvalue weighted by molar-refractivity contribution is 0.0420. The Bertz CT molecular complexity index is 1490. The molecule has 1 heterocycles. The van der Waals surface area contributed by atoms with Gasteiger partial charge in [0.1, 0.15) is 11.5 Å². The Morgan fingerprint density at radius 1 is 0.727 bits per heavy atom. The summed E-state index contributed by atoms with van der Waals surface area (Å²) in [4.78, 5) is 27.1. The molecule has 0 bridgehead atoms. The zero-order chi connectivity index (χ0) is 31.5. The number of rotatable bonds is 15. The molecule has 7 heteroatoms. The number of aromatic nitrogens is 3. The lowest BCUT2D eigenvalue weighted by atomic mass is 9.93. The van der Waals surface area contributed by atoms with Crippen molar-refractivity contribution in [1.82, 2.24) is 15.0 Å². The zero-order valence-electron chi connectivity index (χ0n) is 26.6. The fourth-order valence-electron chi connectivity index (χ4n) is 5.07. The van der Waals surface area contributed by atoms with Gasteiger partial charge in [0.05, 0.1) is 24.8 Å². The first-order valence-electron chi connectivity index (χ1n) is 15.7. The zero-order valence-corrected chi connectivity index (χ0v) is 26.6. The number of hydrogen-bond donors (Lipinski definition) is 1. The highest BCUT2D eigenvalue weighted by molar-refractivity contribution is 5.90. The lowest BCUT2D eigenvalue weighted by Gasteiger charge is -2.18. The highest BCUT2D eigenvalue weighted by atomic mass is 16.5. The van der Waals surface area contributed by atoms with Gasteiger partial charge in [-0.15, -0.1) is 0 Å². The normalized spacial score (nSPS) is 12.0. The first kappa shape index (κ1) is 32.6. The Balaban J connectivity index is 1.52. The van der Waals surface area contributed by atoms with Crippen molar-refractivity contribution in [3.63, 3.8) is 0 Å². The molecule has 1 atom stereocenters. The van der Waals surface area contributed by atoms with E-state index in [2.05, 4.69) is 32.7 Å². The second-order valence-corrected chi connectivity index (χ2v) is 12.2. The van der Waals surface area contributed by atoms with Crippen LogP contribution in [0.4, 0.5) is 0 Å². The summed E-state index contributed by atoms with van der Waals surface area (Å²) in [7, 11) is 1.54. The van der Waals surface area contributed by atoms with E-state index < -0.39 is 0 Å². The van der Waals surface area contributed by atoms with E-state index in [1.54, 1.807) is 31.4 Å². The maximum Gasteiger partial charge on any atom is 0.338 e. The van der Waals surface area contributed by atoms with Crippen LogP contribution in [0.25, 0.3) is 34.2 Å². The number of unbranched alkanes of at least 4 members (excludes halogenated alkanes) is 1. The largest absolute Gasteiger partial charge is 0.507 e. The predicted molar refractivity (Wildman–Crippen MR) is 176 cm³/mol. The molecule has 1 aromatic heterocycles. The van der Waals surface area contributed by atoms with E-state index in [1.165, 1.54) is 25.3 Å². The van der Waals surface area contributed by atoms with Crippen LogP contribution in [-0.4, -0.2) is 39.7 Å². The van der Waals surface area contributed by atoms with Crippen LogP contribution in [0.5, 0.6) is 11.5 Å². The van der Waals surface area contributed by atoms with E-state index in [1.807, 2.05) is 42.5 Å². The fraction of sp³-hybridized carbons (Fsp3) is 0.405. The number of esters is 1. The highest BCUT2D eigenvalue weighted by Crippen LogP contribution is 2.32. The first-order chi connectivity index (χ1) is 21.2. The van der Waals surface area contributed by atoms with Crippen LogP contribution in [0.1, 0.15) is 76.6 Å². The quantitative estimate of drug-likeness (QED) is 0.108. The summed E-state index contributed by atoms with van der Waals surface area (Å²) in [5.41, 5.74) is 2.49. The number of carbonyl (C=O) groups is 1. The van der Waals surface area contributed by atoms with Crippen LogP contribution in [0.15, 0.2) is 72.8 Å². The van der Waals surface area contributed by atoms with E-state index in [4.69, 9.17) is 19.4 Å². The summed E-state index contributed by atoms with van der Waals surface area (Å²) in [6.45, 7) is 9.44. The SMILES string of the molecule is COc1ccc(-c2nc(-c3ccccc3)nc(-c3ccc(C(=O)OCC(CCCCC(C)C)CCC(C)C)cc3)n2)c(O)c1. The molecule has 0 amide bonds. The molecule has 1 N–H and O–H groups in total. The number of phenolic OH excluding ortho intramolecular Hbond substituents is 1. The Hall–Kier alpha value is -4.26. The Kier molecular flexibility index (Phi) is 11.9. The molecule has 0 aliphatic carbocycles. The second-order valence-electron chi connectivity index (χ2n) is 12.2. The molecule has 44 heavy (non-hydrogen) atoms. The van der Waals surface area contributed by atoms with Gasteiger partial charge in [-0.1, -0.05) is 95.8 Å². The van der Waals surface area contributed by atoms with Crippen LogP contribution in [0.2, 0.25) is 0 Å². The molecule has 0 fully saturated rings. The van der Waals surface area contributed by atoms with Gasteiger partial charge >= 0.3 is 5.97 Å². The first-order valence-corrected chi connectivity index (χ1v) is 15.7. The minimum atomic E-state index is -0.322. The number of phenols is 1. The second kappa shape index (κ2) is 16.0. The standard InChI is InChI=1S/C37H45N3O4/c1-25(2)11-9-10-12-27(16-15-26(3)4)24-44-37(42)30-19-17-29(18-20-30)35-38-34(28-13-7-6-8-14-28)39-36(40-35)32-22-21-31(43-5)23-33(32)41/h6-8,13-14,17-23,25-27,41H,9-12,15-16,24H2,1-5H3. The molecule has 7 nitrogen and oxygen atoms in total. The number of nitrogens with zero attached hydrogens (tertiary/aromatic N) is 3. The third-order valence-electron chi connectivity index (χ3n) is 7.74. The molecular formula is C37H45N3O4. The van der Waals surface area contributed by atoms with Gasteiger partial charge < -0.3 is 14.6 Å². The third kappa shape index (κ3) is 9.37. The van der Waals surface area contributed by atoms with Crippen LogP contribution in [-0.2, 0) is 4.74 Å². The van der Waals surface area contributed by atoms with E-state index in [0.717, 1.165) is 30.4 Å². The van der Waals surface area contributed by atoms with Gasteiger partial charge in [-0.05, 0) is 54.9 Å². The Labute approximate surface area is 261 Å². The molecular weight excluding hydrogens is 550 g/mol. The van der Waals surface area contributed by atoms with Gasteiger partial charge in [-0.2, -0.15) is 0 Å². The number of ether oxygens (including phenoxy) is 2. The van der Waals surface area contributed by atoms with Crippen molar-refractivity contribution < 1.29 is 19.4 Å². The summed E-state index contributed by atoms with van der Waals surface area (Å²) in [5.74, 6) is 3.17. The number of methoxy groups -OCH3 is 1. The number of benzene rings is 3. The van der Waals surface area contributed by atoms with E-state index in [-0.39, 0.29) is 11.7 Å². The van der Waals surface area contributed by atoms with Gasteiger partial charge in [-0.3, -0.25) is 0 Å². The van der Waals surface area contributed by atoms with Crippen molar-refractivity contribution in [2.75, 3.05) is 13.7 Å². The molecule has 0 aliphatic heterocycles. The molecule has 4 aromatic rings. The molecule has 1 unspecified atom stereocenters. The van der Waals surface area contributed by atoms with Gasteiger partial charge in [0.2, 0.25) is 0 Å². The van der Waals surface area contributed by atoms with Gasteiger partial charge in [0.15, 0.2) is 17.5 Å². The van der Waals surface area contributed by atoms with Crippen LogP contribution < -0.4 is 4.74 Å². The number of aromatic hydroxyl groups is 1. The monoisotopic (exact) mass is 595 g/mol. The fourth-order valence-corrected chi connectivity index (χ4v) is 5.07. The van der Waals surface area contributed by atoms with Gasteiger partial charge in [0, 0.05) is 17.2 Å². The Morgan fingerprint density at radius 3 is 1.95 bits per heavy atom. The maximum absolute atomic E-state index is 13.0. The van der Waals surface area contributed by atoms with Crippen LogP contribution in [0.3, 0.4) is 0 Å². The predicted octanol–water partition coefficient (Wildman–Crippen LogP) is 9.01. The van der Waals surface area contributed by atoms with E-state index in [9.17, 15) is 9.90 Å². The summed E-state index contributed by atoms with van der Waals surface area (Å²) < 4.78 is 11.0. The van der Waals surface area contributed by atoms with E-state index in [0.29, 0.717) is 58.7 Å². The van der Waals surface area contributed by atoms with Crippen LogP contribution >= 0.6 is 0 Å². The third-order valence-corrected chi connectivity index (χ3v) is 7.74. The minimum Gasteiger partial charge on any atom is -0.507 e.